The molecular weight excluding hydrogens is 388 g/mol. The monoisotopic (exact) mass is 416 g/mol. The van der Waals surface area contributed by atoms with Crippen LogP contribution in [0.1, 0.15) is 25.3 Å². The summed E-state index contributed by atoms with van der Waals surface area (Å²) in [7, 11) is 0. The summed E-state index contributed by atoms with van der Waals surface area (Å²) in [5, 5.41) is 11.0. The number of rotatable bonds is 4. The average Bonchev–Trinajstić information content (AvgIpc) is 3.26. The molecule has 7 nitrogen and oxygen atoms in total. The predicted molar refractivity (Wildman–Crippen MR) is 125 cm³/mol. The van der Waals surface area contributed by atoms with E-state index in [0.717, 1.165) is 59.4 Å². The van der Waals surface area contributed by atoms with Crippen LogP contribution in [-0.4, -0.2) is 30.1 Å². The molecule has 31 heavy (non-hydrogen) atoms. The van der Waals surface area contributed by atoms with Gasteiger partial charge in [-0.1, -0.05) is 6.07 Å². The number of hydrogen-bond acceptors (Lipinski definition) is 6. The maximum Gasteiger partial charge on any atom is 0.202 e. The van der Waals surface area contributed by atoms with Gasteiger partial charge in [-0.05, 0) is 91.8 Å². The number of ether oxygens (including phenoxy) is 1. The molecule has 5 rings (SSSR count). The van der Waals surface area contributed by atoms with Crippen LogP contribution < -0.4 is 26.4 Å². The fourth-order valence-corrected chi connectivity index (χ4v) is 4.09. The van der Waals surface area contributed by atoms with Crippen molar-refractivity contribution >= 4 is 22.5 Å². The number of H-pyrrole nitrogens is 1. The Morgan fingerprint density at radius 1 is 1.10 bits per heavy atom. The quantitative estimate of drug-likeness (QED) is 0.449. The fraction of sp³-hybridized carbons (Fsp3) is 0.292. The van der Waals surface area contributed by atoms with E-state index in [1.54, 1.807) is 0 Å². The van der Waals surface area contributed by atoms with E-state index in [1.807, 2.05) is 61.8 Å². The second-order valence-corrected chi connectivity index (χ2v) is 8.19. The number of aromatic amines is 1. The van der Waals surface area contributed by atoms with Crippen LogP contribution in [0.25, 0.3) is 10.9 Å². The molecule has 6 N–H and O–H groups in total. The zero-order valence-electron chi connectivity index (χ0n) is 17.6. The highest BCUT2D eigenvalue weighted by molar-refractivity contribution is 5.95. The van der Waals surface area contributed by atoms with Gasteiger partial charge in [0.25, 0.3) is 0 Å². The van der Waals surface area contributed by atoms with Crippen LogP contribution in [0.15, 0.2) is 71.5 Å². The predicted octanol–water partition coefficient (Wildman–Crippen LogP) is 3.39. The summed E-state index contributed by atoms with van der Waals surface area (Å²) in [5.41, 5.74) is 9.74. The zero-order chi connectivity index (χ0) is 21.3. The Morgan fingerprint density at radius 2 is 1.90 bits per heavy atom. The van der Waals surface area contributed by atoms with Gasteiger partial charge in [0.1, 0.15) is 11.9 Å². The molecular formula is C24H28N6O. The Balaban J connectivity index is 1.33. The van der Waals surface area contributed by atoms with Crippen molar-refractivity contribution in [3.05, 3.63) is 72.1 Å². The van der Waals surface area contributed by atoms with Gasteiger partial charge in [-0.3, -0.25) is 5.73 Å². The number of piperidine rings is 1. The van der Waals surface area contributed by atoms with E-state index in [1.165, 1.54) is 0 Å². The van der Waals surface area contributed by atoms with Crippen LogP contribution in [0.5, 0.6) is 5.75 Å². The van der Waals surface area contributed by atoms with E-state index >= 15 is 0 Å². The standard InChI is InChI=1S/C24H28N6O/c1-16-15-28-23(30-24(16,25)18-2-7-22-17(14-18)8-13-27-22)29-19-3-5-20(6-4-19)31-21-9-11-26-12-10-21/h2-8,13-15,21,26-27H,9-12,25H2,1H3,(H2,28,29,30). The smallest absolute Gasteiger partial charge is 0.202 e. The number of nitrogens with zero attached hydrogens (tertiary/aromatic N) is 1. The van der Waals surface area contributed by atoms with Crippen LogP contribution in [0.4, 0.5) is 5.69 Å². The van der Waals surface area contributed by atoms with Gasteiger partial charge in [-0.15, -0.1) is 0 Å². The SMILES string of the molecule is CC1=CNC(Nc2ccc(OC3CCNCC3)cc2)=NC1(N)c1ccc2[nH]ccc2c1. The Hall–Kier alpha value is -3.29. The third-order valence-electron chi connectivity index (χ3n) is 6.01. The topological polar surface area (TPSA) is 99.5 Å². The van der Waals surface area contributed by atoms with Crippen LogP contribution in [-0.2, 0) is 5.66 Å². The van der Waals surface area contributed by atoms with E-state index in [-0.39, 0.29) is 6.10 Å². The van der Waals surface area contributed by atoms with Crippen molar-refractivity contribution in [2.75, 3.05) is 18.4 Å². The van der Waals surface area contributed by atoms with Crippen molar-refractivity contribution in [2.24, 2.45) is 10.7 Å². The molecule has 0 bridgehead atoms. The third-order valence-corrected chi connectivity index (χ3v) is 6.01. The van der Waals surface area contributed by atoms with Crippen LogP contribution in [0.2, 0.25) is 0 Å². The number of fused-ring (bicyclic) bond motifs is 1. The van der Waals surface area contributed by atoms with Crippen molar-refractivity contribution in [3.8, 4) is 5.75 Å². The van der Waals surface area contributed by atoms with E-state index in [2.05, 4.69) is 27.0 Å². The highest BCUT2D eigenvalue weighted by atomic mass is 16.5. The number of guanidine groups is 1. The fourth-order valence-electron chi connectivity index (χ4n) is 4.09. The Labute approximate surface area is 181 Å². The molecule has 0 amide bonds. The molecule has 1 aromatic heterocycles. The number of hydrogen-bond donors (Lipinski definition) is 5. The van der Waals surface area contributed by atoms with Crippen LogP contribution in [0, 0.1) is 0 Å². The van der Waals surface area contributed by atoms with Crippen molar-refractivity contribution < 1.29 is 4.74 Å². The Kier molecular flexibility index (Phi) is 5.13. The average molecular weight is 417 g/mol. The number of benzene rings is 2. The first-order chi connectivity index (χ1) is 15.1. The van der Waals surface area contributed by atoms with Crippen molar-refractivity contribution in [2.45, 2.75) is 31.5 Å². The molecule has 1 atom stereocenters. The first-order valence-corrected chi connectivity index (χ1v) is 10.7. The van der Waals surface area contributed by atoms with Crippen molar-refractivity contribution in [3.63, 3.8) is 0 Å². The second kappa shape index (κ2) is 8.09. The van der Waals surface area contributed by atoms with Gasteiger partial charge >= 0.3 is 0 Å². The largest absolute Gasteiger partial charge is 0.490 e. The van der Waals surface area contributed by atoms with Gasteiger partial charge in [0.15, 0.2) is 5.66 Å². The molecule has 2 aliphatic rings. The summed E-state index contributed by atoms with van der Waals surface area (Å²) >= 11 is 0. The molecule has 7 heteroatoms. The van der Waals surface area contributed by atoms with Crippen LogP contribution >= 0.6 is 0 Å². The van der Waals surface area contributed by atoms with Crippen molar-refractivity contribution in [1.82, 2.24) is 15.6 Å². The summed E-state index contributed by atoms with van der Waals surface area (Å²) < 4.78 is 6.09. The molecule has 0 spiro atoms. The molecule has 2 aliphatic heterocycles. The van der Waals surface area contributed by atoms with Gasteiger partial charge in [0, 0.05) is 23.6 Å². The van der Waals surface area contributed by atoms with Gasteiger partial charge in [-0.25, -0.2) is 4.99 Å². The lowest BCUT2D eigenvalue weighted by atomic mass is 9.92. The maximum absolute atomic E-state index is 6.78. The molecule has 160 valence electrons. The maximum atomic E-state index is 6.78. The lowest BCUT2D eigenvalue weighted by Crippen LogP contribution is -2.44. The Bertz CT molecular complexity index is 1130. The van der Waals surface area contributed by atoms with Gasteiger partial charge in [0.2, 0.25) is 5.96 Å². The minimum atomic E-state index is -0.933. The Morgan fingerprint density at radius 3 is 2.71 bits per heavy atom. The minimum absolute atomic E-state index is 0.285. The summed E-state index contributed by atoms with van der Waals surface area (Å²) in [4.78, 5) is 8.04. The van der Waals surface area contributed by atoms with Gasteiger partial charge in [0.05, 0.1) is 0 Å². The normalized spacial score (nSPS) is 21.9. The highest BCUT2D eigenvalue weighted by Crippen LogP contribution is 2.32. The van der Waals surface area contributed by atoms with E-state index in [0.29, 0.717) is 5.96 Å². The van der Waals surface area contributed by atoms with Gasteiger partial charge < -0.3 is 25.7 Å². The summed E-state index contributed by atoms with van der Waals surface area (Å²) in [6.45, 7) is 4.02. The molecule has 0 saturated carbocycles. The first-order valence-electron chi connectivity index (χ1n) is 10.7. The number of anilines is 1. The minimum Gasteiger partial charge on any atom is -0.490 e. The lowest BCUT2D eigenvalue weighted by molar-refractivity contribution is 0.162. The summed E-state index contributed by atoms with van der Waals surface area (Å²) in [5.74, 6) is 1.49. The summed E-state index contributed by atoms with van der Waals surface area (Å²) in [6, 6.07) is 16.2. The molecule has 3 heterocycles. The first kappa shape index (κ1) is 19.7. The molecule has 1 saturated heterocycles. The van der Waals surface area contributed by atoms with Crippen LogP contribution in [0.3, 0.4) is 0 Å². The second-order valence-electron chi connectivity index (χ2n) is 8.19. The van der Waals surface area contributed by atoms with Crippen molar-refractivity contribution in [1.29, 1.82) is 0 Å². The molecule has 1 fully saturated rings. The molecule has 0 aliphatic carbocycles. The van der Waals surface area contributed by atoms with Gasteiger partial charge in [-0.2, -0.15) is 0 Å². The molecule has 1 unspecified atom stereocenters. The number of aromatic nitrogens is 1. The number of nitrogens with one attached hydrogen (secondary N) is 4. The number of nitrogens with two attached hydrogens (primary N) is 1. The molecule has 0 radical (unpaired) electrons. The van der Waals surface area contributed by atoms with E-state index in [4.69, 9.17) is 15.5 Å². The third kappa shape index (κ3) is 4.02. The van der Waals surface area contributed by atoms with E-state index in [9.17, 15) is 0 Å². The zero-order valence-corrected chi connectivity index (χ0v) is 17.6. The molecule has 2 aromatic carbocycles. The lowest BCUT2D eigenvalue weighted by Gasteiger charge is -2.31. The van der Waals surface area contributed by atoms with E-state index < -0.39 is 5.66 Å². The highest BCUT2D eigenvalue weighted by Gasteiger charge is 2.32. The number of aliphatic imine (C=N–C) groups is 1. The summed E-state index contributed by atoms with van der Waals surface area (Å²) in [6.07, 6.45) is 6.20. The molecule has 3 aromatic rings.